The molecule has 1 N–H and O–H groups in total. The zero-order chi connectivity index (χ0) is 21.0. The molecule has 30 heavy (non-hydrogen) atoms. The molecule has 0 atom stereocenters. The van der Waals surface area contributed by atoms with Crippen molar-refractivity contribution in [2.24, 2.45) is 0 Å². The second-order valence-corrected chi connectivity index (χ2v) is 8.73. The van der Waals surface area contributed by atoms with E-state index in [1.54, 1.807) is 6.07 Å². The molecule has 2 aliphatic rings. The number of ether oxygens (including phenoxy) is 1. The topological polar surface area (TPSA) is 68.5 Å². The fourth-order valence-electron chi connectivity index (χ4n) is 4.98. The molecule has 1 spiro atoms. The summed E-state index contributed by atoms with van der Waals surface area (Å²) in [6.45, 7) is 5.80. The van der Waals surface area contributed by atoms with Gasteiger partial charge in [-0.05, 0) is 70.2 Å². The number of carbonyl (C=O) groups is 2. The SMILES string of the molecule is Cc1ccc(NC(=O)c2oc3ccc4c(c3c2C)C(=O)CC2(CCCC2)O4)c(C)c1. The molecule has 3 aromatic rings. The Balaban J connectivity index is 1.54. The molecule has 2 heterocycles. The molecule has 1 aliphatic heterocycles. The molecule has 1 saturated carbocycles. The van der Waals surface area contributed by atoms with Gasteiger partial charge in [-0.3, -0.25) is 9.59 Å². The van der Waals surface area contributed by atoms with E-state index in [2.05, 4.69) is 5.32 Å². The number of hydrogen-bond acceptors (Lipinski definition) is 4. The molecule has 5 heteroatoms. The highest BCUT2D eigenvalue weighted by atomic mass is 16.5. The Morgan fingerprint density at radius 1 is 1.07 bits per heavy atom. The van der Waals surface area contributed by atoms with Gasteiger partial charge < -0.3 is 14.5 Å². The zero-order valence-corrected chi connectivity index (χ0v) is 17.6. The van der Waals surface area contributed by atoms with Gasteiger partial charge in [-0.25, -0.2) is 0 Å². The minimum absolute atomic E-state index is 0.0778. The lowest BCUT2D eigenvalue weighted by atomic mass is 9.87. The van der Waals surface area contributed by atoms with Gasteiger partial charge in [0.25, 0.3) is 5.91 Å². The number of rotatable bonds is 2. The number of carbonyl (C=O) groups excluding carboxylic acids is 2. The number of nitrogens with one attached hydrogen (secondary N) is 1. The first-order valence-corrected chi connectivity index (χ1v) is 10.5. The monoisotopic (exact) mass is 403 g/mol. The van der Waals surface area contributed by atoms with Crippen LogP contribution in [0.1, 0.15) is 69.7 Å². The van der Waals surface area contributed by atoms with Crippen molar-refractivity contribution < 1.29 is 18.7 Å². The number of furan rings is 1. The highest BCUT2D eigenvalue weighted by Gasteiger charge is 2.43. The van der Waals surface area contributed by atoms with Crippen molar-refractivity contribution in [3.63, 3.8) is 0 Å². The van der Waals surface area contributed by atoms with Crippen LogP contribution in [0.25, 0.3) is 11.0 Å². The summed E-state index contributed by atoms with van der Waals surface area (Å²) in [6, 6.07) is 9.48. The summed E-state index contributed by atoms with van der Waals surface area (Å²) < 4.78 is 12.3. The quantitative estimate of drug-likeness (QED) is 0.579. The third-order valence-electron chi connectivity index (χ3n) is 6.50. The van der Waals surface area contributed by atoms with Crippen molar-refractivity contribution >= 4 is 28.3 Å². The van der Waals surface area contributed by atoms with Gasteiger partial charge in [0.05, 0.1) is 12.0 Å². The van der Waals surface area contributed by atoms with Gasteiger partial charge in [0, 0.05) is 16.6 Å². The molecule has 2 aromatic carbocycles. The Morgan fingerprint density at radius 3 is 2.57 bits per heavy atom. The molecule has 0 unspecified atom stereocenters. The van der Waals surface area contributed by atoms with Crippen LogP contribution in [0, 0.1) is 20.8 Å². The summed E-state index contributed by atoms with van der Waals surface area (Å²) >= 11 is 0. The molecule has 1 aromatic heterocycles. The normalized spacial score (nSPS) is 17.2. The summed E-state index contributed by atoms with van der Waals surface area (Å²) in [7, 11) is 0. The highest BCUT2D eigenvalue weighted by molar-refractivity contribution is 6.15. The Morgan fingerprint density at radius 2 is 1.83 bits per heavy atom. The number of aryl methyl sites for hydroxylation is 3. The largest absolute Gasteiger partial charge is 0.486 e. The molecular weight excluding hydrogens is 378 g/mol. The molecule has 5 rings (SSSR count). The van der Waals surface area contributed by atoms with Crippen molar-refractivity contribution in [1.82, 2.24) is 0 Å². The predicted octanol–water partition coefficient (Wildman–Crippen LogP) is 5.89. The molecule has 1 fully saturated rings. The number of hydrogen-bond donors (Lipinski definition) is 1. The van der Waals surface area contributed by atoms with Gasteiger partial charge in [-0.1, -0.05) is 17.7 Å². The van der Waals surface area contributed by atoms with Crippen LogP contribution in [0.2, 0.25) is 0 Å². The predicted molar refractivity (Wildman–Crippen MR) is 116 cm³/mol. The van der Waals surface area contributed by atoms with Crippen molar-refractivity contribution in [3.05, 3.63) is 58.3 Å². The number of anilines is 1. The van der Waals surface area contributed by atoms with Crippen LogP contribution in [0.3, 0.4) is 0 Å². The second kappa shape index (κ2) is 6.73. The number of fused-ring (bicyclic) bond motifs is 3. The van der Waals surface area contributed by atoms with Crippen LogP contribution >= 0.6 is 0 Å². The lowest BCUT2D eigenvalue weighted by molar-refractivity contribution is 0.0454. The van der Waals surface area contributed by atoms with Gasteiger partial charge in [0.1, 0.15) is 16.9 Å². The Hall–Kier alpha value is -3.08. The second-order valence-electron chi connectivity index (χ2n) is 8.73. The van der Waals surface area contributed by atoms with Crippen LogP contribution < -0.4 is 10.1 Å². The van der Waals surface area contributed by atoms with Gasteiger partial charge in [-0.15, -0.1) is 0 Å². The fraction of sp³-hybridized carbons (Fsp3) is 0.360. The third kappa shape index (κ3) is 2.92. The van der Waals surface area contributed by atoms with Gasteiger partial charge >= 0.3 is 0 Å². The number of Topliss-reactive ketones (excluding diaryl/α,β-unsaturated/α-hetero) is 1. The average molecular weight is 403 g/mol. The number of ketones is 1. The summed E-state index contributed by atoms with van der Waals surface area (Å²) in [5.74, 6) is 0.605. The van der Waals surface area contributed by atoms with Crippen molar-refractivity contribution in [2.75, 3.05) is 5.32 Å². The molecule has 0 bridgehead atoms. The van der Waals surface area contributed by atoms with E-state index >= 15 is 0 Å². The Kier molecular flexibility index (Phi) is 4.24. The Labute approximate surface area is 175 Å². The molecule has 1 aliphatic carbocycles. The summed E-state index contributed by atoms with van der Waals surface area (Å²) in [4.78, 5) is 26.1. The molecular formula is C25H25NO4. The van der Waals surface area contributed by atoms with E-state index in [-0.39, 0.29) is 23.1 Å². The Bertz CT molecular complexity index is 1200. The van der Waals surface area contributed by atoms with E-state index in [4.69, 9.17) is 9.15 Å². The van der Waals surface area contributed by atoms with Crippen LogP contribution in [0.5, 0.6) is 5.75 Å². The van der Waals surface area contributed by atoms with Gasteiger partial charge in [0.15, 0.2) is 11.5 Å². The number of benzene rings is 2. The fourth-order valence-corrected chi connectivity index (χ4v) is 4.98. The molecule has 5 nitrogen and oxygen atoms in total. The lowest BCUT2D eigenvalue weighted by Gasteiger charge is -2.34. The standard InChI is InChI=1S/C25H25NO4/c1-14-6-7-17(15(2)12-14)26-24(28)23-16(3)21-19(29-23)8-9-20-22(21)18(27)13-25(30-20)10-4-5-11-25/h6-9,12H,4-5,10-11,13H2,1-3H3,(H,26,28). The van der Waals surface area contributed by atoms with Crippen molar-refractivity contribution in [2.45, 2.75) is 58.5 Å². The van der Waals surface area contributed by atoms with Crippen LogP contribution in [-0.2, 0) is 0 Å². The van der Waals surface area contributed by atoms with E-state index in [9.17, 15) is 9.59 Å². The van der Waals surface area contributed by atoms with Crippen LogP contribution in [-0.4, -0.2) is 17.3 Å². The van der Waals surface area contributed by atoms with Gasteiger partial charge in [0.2, 0.25) is 0 Å². The maximum absolute atomic E-state index is 13.1. The van der Waals surface area contributed by atoms with E-state index in [0.29, 0.717) is 34.3 Å². The lowest BCUT2D eigenvalue weighted by Crippen LogP contribution is -2.39. The molecule has 154 valence electrons. The highest BCUT2D eigenvalue weighted by Crippen LogP contribution is 2.46. The summed E-state index contributed by atoms with van der Waals surface area (Å²) in [5.41, 5.74) is 4.28. The molecule has 0 radical (unpaired) electrons. The van der Waals surface area contributed by atoms with E-state index in [1.165, 1.54) is 0 Å². The first kappa shape index (κ1) is 18.9. The minimum Gasteiger partial charge on any atom is -0.486 e. The zero-order valence-electron chi connectivity index (χ0n) is 17.6. The molecule has 0 saturated heterocycles. The third-order valence-corrected chi connectivity index (χ3v) is 6.50. The first-order chi connectivity index (χ1) is 14.4. The maximum atomic E-state index is 13.1. The van der Waals surface area contributed by atoms with Gasteiger partial charge in [-0.2, -0.15) is 0 Å². The molecule has 1 amide bonds. The van der Waals surface area contributed by atoms with E-state index in [0.717, 1.165) is 42.5 Å². The first-order valence-electron chi connectivity index (χ1n) is 10.5. The maximum Gasteiger partial charge on any atom is 0.291 e. The average Bonchev–Trinajstić information content (AvgIpc) is 3.28. The van der Waals surface area contributed by atoms with E-state index < -0.39 is 0 Å². The smallest absolute Gasteiger partial charge is 0.291 e. The summed E-state index contributed by atoms with van der Waals surface area (Å²) in [5, 5.41) is 3.63. The van der Waals surface area contributed by atoms with Crippen LogP contribution in [0.4, 0.5) is 5.69 Å². The minimum atomic E-state index is -0.349. The van der Waals surface area contributed by atoms with Crippen molar-refractivity contribution in [3.8, 4) is 5.75 Å². The van der Waals surface area contributed by atoms with Crippen LogP contribution in [0.15, 0.2) is 34.7 Å². The number of amides is 1. The van der Waals surface area contributed by atoms with Crippen molar-refractivity contribution in [1.29, 1.82) is 0 Å². The van der Waals surface area contributed by atoms with E-state index in [1.807, 2.05) is 45.0 Å². The summed E-state index contributed by atoms with van der Waals surface area (Å²) in [6.07, 6.45) is 4.43.